The highest BCUT2D eigenvalue weighted by Crippen LogP contribution is 2.29. The van der Waals surface area contributed by atoms with Crippen LogP contribution < -0.4 is 11.3 Å². The molecule has 1 aromatic heterocycles. The van der Waals surface area contributed by atoms with Crippen molar-refractivity contribution in [2.45, 2.75) is 23.9 Å². The van der Waals surface area contributed by atoms with Gasteiger partial charge in [-0.15, -0.1) is 0 Å². The molecule has 2 rings (SSSR count). The van der Waals surface area contributed by atoms with Crippen molar-refractivity contribution in [1.82, 2.24) is 9.97 Å². The molecule has 0 atom stereocenters. The highest BCUT2D eigenvalue weighted by Gasteiger charge is 2.05. The number of nitrogen functional groups attached to an aromatic ring is 1. The number of hydrogen-bond acceptors (Lipinski definition) is 4. The number of nitrogens with two attached hydrogens (primary N) is 1. The lowest BCUT2D eigenvalue weighted by Crippen LogP contribution is -2.08. The van der Waals surface area contributed by atoms with Crippen LogP contribution in [0.1, 0.15) is 11.3 Å². The van der Waals surface area contributed by atoms with E-state index < -0.39 is 0 Å². The summed E-state index contributed by atoms with van der Waals surface area (Å²) >= 11 is 1.41. The maximum absolute atomic E-state index is 11.3. The average Bonchev–Trinajstić information content (AvgIpc) is 2.23. The van der Waals surface area contributed by atoms with Crippen LogP contribution in [0.3, 0.4) is 0 Å². The molecule has 0 aliphatic carbocycles. The normalized spacial score (nSPS) is 10.5. The van der Waals surface area contributed by atoms with Crippen molar-refractivity contribution in [2.24, 2.45) is 0 Å². The van der Waals surface area contributed by atoms with Gasteiger partial charge < -0.3 is 10.7 Å². The molecule has 0 saturated carbocycles. The minimum absolute atomic E-state index is 0.137. The number of H-pyrrole nitrogens is 1. The van der Waals surface area contributed by atoms with Crippen LogP contribution in [0, 0.1) is 13.8 Å². The Kier molecular flexibility index (Phi) is 3.19. The SMILES string of the molecule is Cc1cc(=O)[nH]c(Sc2cccc(N)c2C)n1. The molecule has 17 heavy (non-hydrogen) atoms. The fraction of sp³-hybridized carbons (Fsp3) is 0.167. The second kappa shape index (κ2) is 4.63. The molecule has 0 fully saturated rings. The van der Waals surface area contributed by atoms with Gasteiger partial charge in [0.2, 0.25) is 0 Å². The molecule has 1 aromatic carbocycles. The zero-order valence-electron chi connectivity index (χ0n) is 9.65. The van der Waals surface area contributed by atoms with Crippen LogP contribution in [-0.4, -0.2) is 9.97 Å². The van der Waals surface area contributed by atoms with E-state index in [0.717, 1.165) is 16.1 Å². The standard InChI is InChI=1S/C12H13N3OS/c1-7-6-11(16)15-12(14-7)17-10-5-3-4-9(13)8(10)2/h3-6H,13H2,1-2H3,(H,14,15,16). The molecule has 2 aromatic rings. The predicted molar refractivity (Wildman–Crippen MR) is 69.3 cm³/mol. The lowest BCUT2D eigenvalue weighted by molar-refractivity contribution is 0.905. The Morgan fingerprint density at radius 1 is 1.35 bits per heavy atom. The maximum atomic E-state index is 11.3. The number of anilines is 1. The van der Waals surface area contributed by atoms with Gasteiger partial charge in [-0.3, -0.25) is 4.79 Å². The Morgan fingerprint density at radius 2 is 2.12 bits per heavy atom. The summed E-state index contributed by atoms with van der Waals surface area (Å²) < 4.78 is 0. The van der Waals surface area contributed by atoms with Crippen LogP contribution in [0.25, 0.3) is 0 Å². The molecule has 4 nitrogen and oxygen atoms in total. The summed E-state index contributed by atoms with van der Waals surface area (Å²) in [6.45, 7) is 3.75. The number of nitrogens with zero attached hydrogens (tertiary/aromatic N) is 1. The van der Waals surface area contributed by atoms with Crippen LogP contribution in [0.4, 0.5) is 5.69 Å². The molecule has 0 spiro atoms. The lowest BCUT2D eigenvalue weighted by Gasteiger charge is -2.07. The first-order valence-corrected chi connectivity index (χ1v) is 5.99. The predicted octanol–water partition coefficient (Wildman–Crippen LogP) is 2.12. The molecule has 0 unspecified atom stereocenters. The van der Waals surface area contributed by atoms with Gasteiger partial charge in [0.15, 0.2) is 5.16 Å². The first kappa shape index (κ1) is 11.7. The van der Waals surface area contributed by atoms with E-state index in [1.807, 2.05) is 25.1 Å². The van der Waals surface area contributed by atoms with E-state index in [9.17, 15) is 4.79 Å². The topological polar surface area (TPSA) is 71.8 Å². The van der Waals surface area contributed by atoms with Gasteiger partial charge in [0.25, 0.3) is 5.56 Å². The van der Waals surface area contributed by atoms with Gasteiger partial charge in [0.05, 0.1) is 0 Å². The number of hydrogen-bond donors (Lipinski definition) is 2. The fourth-order valence-electron chi connectivity index (χ4n) is 1.45. The number of nitrogens with one attached hydrogen (secondary N) is 1. The van der Waals surface area contributed by atoms with Gasteiger partial charge in [-0.2, -0.15) is 0 Å². The minimum Gasteiger partial charge on any atom is -0.398 e. The second-order valence-electron chi connectivity index (χ2n) is 3.76. The van der Waals surface area contributed by atoms with E-state index in [0.29, 0.717) is 10.9 Å². The summed E-state index contributed by atoms with van der Waals surface area (Å²) in [6, 6.07) is 7.17. The Labute approximate surface area is 103 Å². The first-order chi connectivity index (χ1) is 8.06. The Hall–Kier alpha value is -1.75. The quantitative estimate of drug-likeness (QED) is 0.630. The van der Waals surface area contributed by atoms with Crippen molar-refractivity contribution in [3.63, 3.8) is 0 Å². The van der Waals surface area contributed by atoms with E-state index >= 15 is 0 Å². The van der Waals surface area contributed by atoms with E-state index in [1.54, 1.807) is 6.92 Å². The number of aryl methyl sites for hydroxylation is 1. The summed E-state index contributed by atoms with van der Waals surface area (Å²) in [5.74, 6) is 0. The summed E-state index contributed by atoms with van der Waals surface area (Å²) in [7, 11) is 0. The largest absolute Gasteiger partial charge is 0.398 e. The molecule has 3 N–H and O–H groups in total. The third-order valence-electron chi connectivity index (χ3n) is 2.38. The Morgan fingerprint density at radius 3 is 2.82 bits per heavy atom. The van der Waals surface area contributed by atoms with E-state index in [4.69, 9.17) is 5.73 Å². The summed E-state index contributed by atoms with van der Waals surface area (Å²) in [5, 5.41) is 0.587. The van der Waals surface area contributed by atoms with Crippen LogP contribution >= 0.6 is 11.8 Å². The van der Waals surface area contributed by atoms with Gasteiger partial charge in [-0.1, -0.05) is 17.8 Å². The molecular formula is C12H13N3OS. The molecule has 0 amide bonds. The Bertz CT molecular complexity index is 607. The minimum atomic E-state index is -0.137. The summed E-state index contributed by atoms with van der Waals surface area (Å²) in [6.07, 6.45) is 0. The highest BCUT2D eigenvalue weighted by molar-refractivity contribution is 7.99. The van der Waals surface area contributed by atoms with Crippen molar-refractivity contribution >= 4 is 17.4 Å². The molecule has 0 aliphatic rings. The summed E-state index contributed by atoms with van der Waals surface area (Å²) in [4.78, 5) is 19.3. The number of rotatable bonds is 2. The van der Waals surface area contributed by atoms with Crippen molar-refractivity contribution < 1.29 is 0 Å². The van der Waals surface area contributed by atoms with Crippen LogP contribution in [0.2, 0.25) is 0 Å². The number of benzene rings is 1. The van der Waals surface area contributed by atoms with Gasteiger partial charge in [0.1, 0.15) is 0 Å². The fourth-order valence-corrected chi connectivity index (χ4v) is 2.41. The van der Waals surface area contributed by atoms with E-state index in [-0.39, 0.29) is 5.56 Å². The van der Waals surface area contributed by atoms with Crippen molar-refractivity contribution in [3.05, 3.63) is 45.9 Å². The third-order valence-corrected chi connectivity index (χ3v) is 3.43. The third kappa shape index (κ3) is 2.68. The van der Waals surface area contributed by atoms with Crippen molar-refractivity contribution in [3.8, 4) is 0 Å². The average molecular weight is 247 g/mol. The molecule has 0 saturated heterocycles. The molecule has 0 radical (unpaired) electrons. The molecule has 0 aliphatic heterocycles. The van der Waals surface area contributed by atoms with Gasteiger partial charge >= 0.3 is 0 Å². The second-order valence-corrected chi connectivity index (χ2v) is 4.80. The lowest BCUT2D eigenvalue weighted by atomic mass is 10.2. The molecule has 5 heteroatoms. The van der Waals surface area contributed by atoms with Crippen LogP contribution in [0.15, 0.2) is 39.1 Å². The summed E-state index contributed by atoms with van der Waals surface area (Å²) in [5.41, 5.74) is 8.14. The molecule has 1 heterocycles. The van der Waals surface area contributed by atoms with Gasteiger partial charge in [-0.25, -0.2) is 4.98 Å². The molecular weight excluding hydrogens is 234 g/mol. The smallest absolute Gasteiger partial charge is 0.251 e. The first-order valence-electron chi connectivity index (χ1n) is 5.17. The van der Waals surface area contributed by atoms with Gasteiger partial charge in [-0.05, 0) is 31.5 Å². The van der Waals surface area contributed by atoms with E-state index in [1.165, 1.54) is 17.8 Å². The molecule has 0 bridgehead atoms. The van der Waals surface area contributed by atoms with E-state index in [2.05, 4.69) is 9.97 Å². The zero-order valence-corrected chi connectivity index (χ0v) is 10.5. The molecule has 88 valence electrons. The number of aromatic amines is 1. The van der Waals surface area contributed by atoms with Crippen molar-refractivity contribution in [2.75, 3.05) is 5.73 Å². The monoisotopic (exact) mass is 247 g/mol. The van der Waals surface area contributed by atoms with Gasteiger partial charge in [0, 0.05) is 22.3 Å². The van der Waals surface area contributed by atoms with Crippen LogP contribution in [0.5, 0.6) is 0 Å². The number of aromatic nitrogens is 2. The maximum Gasteiger partial charge on any atom is 0.251 e. The Balaban J connectivity index is 2.38. The zero-order chi connectivity index (χ0) is 12.4. The highest BCUT2D eigenvalue weighted by atomic mass is 32.2. The van der Waals surface area contributed by atoms with Crippen LogP contribution in [-0.2, 0) is 0 Å². The van der Waals surface area contributed by atoms with Crippen molar-refractivity contribution in [1.29, 1.82) is 0 Å².